The number of likely N-dealkylation sites (tertiary alicyclic amines) is 1. The fourth-order valence-electron chi connectivity index (χ4n) is 4.64. The second kappa shape index (κ2) is 7.60. The first kappa shape index (κ1) is 20.5. The number of piperidine rings is 1. The fraction of sp³-hybridized carbons (Fsp3) is 0.455. The van der Waals surface area contributed by atoms with Crippen LogP contribution in [0.15, 0.2) is 24.7 Å². The van der Waals surface area contributed by atoms with E-state index in [1.54, 1.807) is 16.5 Å². The Balaban J connectivity index is 1.38. The molecule has 2 aliphatic heterocycles. The van der Waals surface area contributed by atoms with Gasteiger partial charge in [-0.1, -0.05) is 0 Å². The molecule has 32 heavy (non-hydrogen) atoms. The first-order valence-electron chi connectivity index (χ1n) is 10.6. The number of methoxy groups -OCH3 is 1. The van der Waals surface area contributed by atoms with Crippen LogP contribution in [0.25, 0.3) is 16.6 Å². The molecule has 0 radical (unpaired) electrons. The minimum absolute atomic E-state index is 0.104. The number of aromatic nitrogens is 4. The van der Waals surface area contributed by atoms with Crippen LogP contribution in [0.4, 0.5) is 4.39 Å². The number of hydrogen-bond acceptors (Lipinski definition) is 6. The van der Waals surface area contributed by atoms with Crippen molar-refractivity contribution in [3.05, 3.63) is 35.9 Å². The molecule has 0 aliphatic carbocycles. The average Bonchev–Trinajstić information content (AvgIpc) is 3.39. The molecule has 0 atom stereocenters. The van der Waals surface area contributed by atoms with E-state index in [4.69, 9.17) is 4.74 Å². The Morgan fingerprint density at radius 1 is 1.31 bits per heavy atom. The molecule has 166 valence electrons. The lowest BCUT2D eigenvalue weighted by molar-refractivity contribution is -0.148. The molecular weight excluding hydrogens is 413 g/mol. The quantitative estimate of drug-likeness (QED) is 0.669. The van der Waals surface area contributed by atoms with Crippen LogP contribution in [0.3, 0.4) is 0 Å². The molecule has 2 saturated heterocycles. The van der Waals surface area contributed by atoms with Crippen molar-refractivity contribution in [3.63, 3.8) is 0 Å². The highest BCUT2D eigenvalue weighted by atomic mass is 19.1. The molecule has 1 N–H and O–H groups in total. The Morgan fingerprint density at radius 3 is 2.69 bits per heavy atom. The first-order chi connectivity index (χ1) is 15.4. The predicted molar refractivity (Wildman–Crippen MR) is 114 cm³/mol. The highest BCUT2D eigenvalue weighted by molar-refractivity contribution is 5.87. The largest absolute Gasteiger partial charge is 0.494 e. The molecule has 2 fully saturated rings. The lowest BCUT2D eigenvalue weighted by Crippen LogP contribution is -2.65. The van der Waals surface area contributed by atoms with Crippen molar-refractivity contribution in [1.82, 2.24) is 29.6 Å². The van der Waals surface area contributed by atoms with Crippen molar-refractivity contribution >= 4 is 11.4 Å². The SMILES string of the molecule is COc1cc(-c2cnn(C3CCN(C(=O)C4(F)CNC4)CC3)c2C)cn2ncc(C#N)c12. The monoisotopic (exact) mass is 437 g/mol. The number of rotatable bonds is 4. The number of carbonyl (C=O) groups excluding carboxylic acids is 1. The van der Waals surface area contributed by atoms with Gasteiger partial charge in [0, 0.05) is 49.2 Å². The lowest BCUT2D eigenvalue weighted by Gasteiger charge is -2.40. The van der Waals surface area contributed by atoms with E-state index in [9.17, 15) is 14.4 Å². The molecule has 0 spiro atoms. The van der Waals surface area contributed by atoms with E-state index in [2.05, 4.69) is 21.6 Å². The van der Waals surface area contributed by atoms with Crippen molar-refractivity contribution in [1.29, 1.82) is 5.26 Å². The van der Waals surface area contributed by atoms with Gasteiger partial charge in [-0.05, 0) is 25.8 Å². The van der Waals surface area contributed by atoms with Crippen LogP contribution < -0.4 is 10.1 Å². The van der Waals surface area contributed by atoms with E-state index in [1.807, 2.05) is 30.1 Å². The molecule has 0 saturated carbocycles. The molecular formula is C22H24FN7O2. The van der Waals surface area contributed by atoms with Crippen LogP contribution >= 0.6 is 0 Å². The fourth-order valence-corrected chi connectivity index (χ4v) is 4.64. The minimum atomic E-state index is -1.74. The van der Waals surface area contributed by atoms with Crippen LogP contribution in [-0.2, 0) is 4.79 Å². The molecule has 5 rings (SSSR count). The third-order valence-corrected chi connectivity index (χ3v) is 6.56. The molecule has 3 aromatic heterocycles. The molecule has 0 unspecified atom stereocenters. The average molecular weight is 437 g/mol. The van der Waals surface area contributed by atoms with Gasteiger partial charge in [0.05, 0.1) is 25.5 Å². The molecule has 9 nitrogen and oxygen atoms in total. The van der Waals surface area contributed by atoms with Crippen LogP contribution in [0.2, 0.25) is 0 Å². The molecule has 2 aliphatic rings. The van der Waals surface area contributed by atoms with Gasteiger partial charge in [0.2, 0.25) is 5.67 Å². The third kappa shape index (κ3) is 3.12. The van der Waals surface area contributed by atoms with Crippen molar-refractivity contribution in [2.75, 3.05) is 33.3 Å². The first-order valence-corrected chi connectivity index (χ1v) is 10.6. The third-order valence-electron chi connectivity index (χ3n) is 6.56. The summed E-state index contributed by atoms with van der Waals surface area (Å²) in [7, 11) is 1.57. The molecule has 1 amide bonds. The van der Waals surface area contributed by atoms with E-state index >= 15 is 0 Å². The van der Waals surface area contributed by atoms with Gasteiger partial charge in [0.25, 0.3) is 5.91 Å². The molecule has 3 aromatic rings. The van der Waals surface area contributed by atoms with Gasteiger partial charge in [-0.3, -0.25) is 9.48 Å². The van der Waals surface area contributed by atoms with Gasteiger partial charge in [-0.15, -0.1) is 0 Å². The van der Waals surface area contributed by atoms with E-state index < -0.39 is 11.6 Å². The van der Waals surface area contributed by atoms with Crippen molar-refractivity contribution < 1.29 is 13.9 Å². The summed E-state index contributed by atoms with van der Waals surface area (Å²) in [6, 6.07) is 4.17. The van der Waals surface area contributed by atoms with Crippen LogP contribution in [0.5, 0.6) is 5.75 Å². The Kier molecular flexibility index (Phi) is 4.86. The number of alkyl halides is 1. The number of pyridine rings is 1. The van der Waals surface area contributed by atoms with Gasteiger partial charge < -0.3 is 15.0 Å². The zero-order chi connectivity index (χ0) is 22.5. The highest BCUT2D eigenvalue weighted by Crippen LogP contribution is 2.34. The normalized spacial score (nSPS) is 18.4. The number of nitrogens with one attached hydrogen (secondary N) is 1. The Morgan fingerprint density at radius 2 is 2.06 bits per heavy atom. The van der Waals surface area contributed by atoms with E-state index in [1.165, 1.54) is 6.20 Å². The summed E-state index contributed by atoms with van der Waals surface area (Å²) in [6.45, 7) is 3.26. The minimum Gasteiger partial charge on any atom is -0.494 e. The zero-order valence-corrected chi connectivity index (χ0v) is 18.0. The van der Waals surface area contributed by atoms with Crippen LogP contribution in [0, 0.1) is 18.3 Å². The van der Waals surface area contributed by atoms with E-state index in [-0.39, 0.29) is 19.1 Å². The number of halogens is 1. The maximum atomic E-state index is 14.5. The summed E-state index contributed by atoms with van der Waals surface area (Å²) in [4.78, 5) is 14.1. The standard InChI is InChI=1S/C22H24FN7O2/c1-14-18(15-7-19(32-2)20-16(8-24)9-26-29(20)11-15)10-27-30(14)17-3-5-28(6-4-17)21(31)22(23)12-25-13-22/h7,9-11,17,25H,3-6,12-13H2,1-2H3. The number of ether oxygens (including phenoxy) is 1. The molecule has 0 bridgehead atoms. The number of hydrogen-bond donors (Lipinski definition) is 1. The Labute approximate surface area is 184 Å². The second-order valence-electron chi connectivity index (χ2n) is 8.44. The van der Waals surface area contributed by atoms with Crippen LogP contribution in [-0.4, -0.2) is 69.2 Å². The summed E-state index contributed by atoms with van der Waals surface area (Å²) in [5, 5.41) is 21.1. The van der Waals surface area contributed by atoms with Gasteiger partial charge >= 0.3 is 0 Å². The summed E-state index contributed by atoms with van der Waals surface area (Å²) in [5.74, 6) is 0.171. The van der Waals surface area contributed by atoms with Crippen molar-refractivity contribution in [2.45, 2.75) is 31.5 Å². The van der Waals surface area contributed by atoms with E-state index in [0.29, 0.717) is 29.9 Å². The van der Waals surface area contributed by atoms with Gasteiger partial charge in [0.1, 0.15) is 22.9 Å². The van der Waals surface area contributed by atoms with Crippen molar-refractivity contribution in [2.24, 2.45) is 0 Å². The van der Waals surface area contributed by atoms with Gasteiger partial charge in [-0.2, -0.15) is 15.5 Å². The summed E-state index contributed by atoms with van der Waals surface area (Å²) < 4.78 is 23.6. The molecule has 0 aromatic carbocycles. The zero-order valence-electron chi connectivity index (χ0n) is 18.0. The maximum Gasteiger partial charge on any atom is 0.262 e. The van der Waals surface area contributed by atoms with Crippen LogP contribution in [0.1, 0.15) is 30.1 Å². The second-order valence-corrected chi connectivity index (χ2v) is 8.44. The van der Waals surface area contributed by atoms with Crippen molar-refractivity contribution in [3.8, 4) is 22.9 Å². The smallest absolute Gasteiger partial charge is 0.262 e. The number of carbonyl (C=O) groups is 1. The number of fused-ring (bicyclic) bond motifs is 1. The summed E-state index contributed by atoms with van der Waals surface area (Å²) in [5.41, 5.74) is 2.17. The lowest BCUT2D eigenvalue weighted by atomic mass is 9.95. The predicted octanol–water partition coefficient (Wildman–Crippen LogP) is 1.86. The molecule has 10 heteroatoms. The number of nitriles is 1. The number of amides is 1. The maximum absolute atomic E-state index is 14.5. The Hall–Kier alpha value is -3.45. The van der Waals surface area contributed by atoms with E-state index in [0.717, 1.165) is 29.7 Å². The Bertz CT molecular complexity index is 1230. The number of nitrogens with zero attached hydrogens (tertiary/aromatic N) is 6. The molecule has 5 heterocycles. The topological polar surface area (TPSA) is 100 Å². The summed E-state index contributed by atoms with van der Waals surface area (Å²) >= 11 is 0. The highest BCUT2D eigenvalue weighted by Gasteiger charge is 2.47. The summed E-state index contributed by atoms with van der Waals surface area (Å²) in [6.07, 6.45) is 6.66. The van der Waals surface area contributed by atoms with Gasteiger partial charge in [0.15, 0.2) is 0 Å². The van der Waals surface area contributed by atoms with Gasteiger partial charge in [-0.25, -0.2) is 8.91 Å².